The van der Waals surface area contributed by atoms with Crippen LogP contribution in [0.5, 0.6) is 5.75 Å². The molecule has 1 unspecified atom stereocenters. The molecule has 0 saturated carbocycles. The summed E-state index contributed by atoms with van der Waals surface area (Å²) in [6.45, 7) is 4.97. The summed E-state index contributed by atoms with van der Waals surface area (Å²) in [7, 11) is 0. The van der Waals surface area contributed by atoms with Gasteiger partial charge in [0.25, 0.3) is 0 Å². The summed E-state index contributed by atoms with van der Waals surface area (Å²) >= 11 is 4.78. The van der Waals surface area contributed by atoms with Crippen molar-refractivity contribution in [2.24, 2.45) is 5.73 Å². The van der Waals surface area contributed by atoms with Gasteiger partial charge in [0.15, 0.2) is 0 Å². The molecule has 0 spiro atoms. The number of nitrogens with two attached hydrogens (primary N) is 1. The summed E-state index contributed by atoms with van der Waals surface area (Å²) in [4.78, 5) is 0.497. The van der Waals surface area contributed by atoms with Gasteiger partial charge in [-0.05, 0) is 30.0 Å². The minimum Gasteiger partial charge on any atom is -0.493 e. The van der Waals surface area contributed by atoms with Crippen LogP contribution in [-0.4, -0.2) is 11.6 Å². The summed E-state index contributed by atoms with van der Waals surface area (Å²) in [6.07, 6.45) is 1.78. The van der Waals surface area contributed by atoms with Gasteiger partial charge in [-0.2, -0.15) is 0 Å². The third-order valence-electron chi connectivity index (χ3n) is 2.68. The zero-order chi connectivity index (χ0) is 12.0. The quantitative estimate of drug-likeness (QED) is 0.771. The van der Waals surface area contributed by atoms with Crippen LogP contribution in [0.25, 0.3) is 0 Å². The molecule has 16 heavy (non-hydrogen) atoms. The first-order valence-corrected chi connectivity index (χ1v) is 6.05. The van der Waals surface area contributed by atoms with Crippen LogP contribution < -0.4 is 10.5 Å². The second-order valence-corrected chi connectivity index (χ2v) is 4.47. The van der Waals surface area contributed by atoms with Crippen molar-refractivity contribution in [2.45, 2.75) is 32.6 Å². The first-order chi connectivity index (χ1) is 7.63. The average molecular weight is 237 g/mol. The normalized spacial score (nSPS) is 12.1. The van der Waals surface area contributed by atoms with E-state index in [2.05, 4.69) is 26.0 Å². The van der Waals surface area contributed by atoms with Gasteiger partial charge >= 0.3 is 0 Å². The minimum absolute atomic E-state index is 0.497. The van der Waals surface area contributed by atoms with Gasteiger partial charge in [-0.25, -0.2) is 0 Å². The Labute approximate surface area is 103 Å². The lowest BCUT2D eigenvalue weighted by Crippen LogP contribution is -2.12. The van der Waals surface area contributed by atoms with Crippen molar-refractivity contribution in [3.63, 3.8) is 0 Å². The molecular formula is C13H19NOS. The average Bonchev–Trinajstić information content (AvgIpc) is 2.28. The largest absolute Gasteiger partial charge is 0.493 e. The topological polar surface area (TPSA) is 35.2 Å². The smallest absolute Gasteiger partial charge is 0.119 e. The fourth-order valence-corrected chi connectivity index (χ4v) is 1.48. The van der Waals surface area contributed by atoms with Gasteiger partial charge in [-0.3, -0.25) is 0 Å². The van der Waals surface area contributed by atoms with Crippen LogP contribution in [0.15, 0.2) is 24.3 Å². The minimum atomic E-state index is 0.497. The van der Waals surface area contributed by atoms with Crippen LogP contribution in [-0.2, 0) is 0 Å². The molecule has 2 N–H and O–H groups in total. The van der Waals surface area contributed by atoms with Gasteiger partial charge in [0.2, 0.25) is 0 Å². The first kappa shape index (κ1) is 13.0. The molecule has 88 valence electrons. The zero-order valence-corrected chi connectivity index (χ0v) is 10.7. The van der Waals surface area contributed by atoms with Crippen LogP contribution in [0.3, 0.4) is 0 Å². The molecule has 0 radical (unpaired) electrons. The second kappa shape index (κ2) is 6.48. The van der Waals surface area contributed by atoms with Crippen LogP contribution >= 0.6 is 12.2 Å². The van der Waals surface area contributed by atoms with Crippen LogP contribution in [0.2, 0.25) is 0 Å². The summed E-state index contributed by atoms with van der Waals surface area (Å²) < 4.78 is 5.52. The van der Waals surface area contributed by atoms with E-state index in [1.807, 2.05) is 12.1 Å². The molecule has 0 heterocycles. The van der Waals surface area contributed by atoms with E-state index in [4.69, 9.17) is 22.7 Å². The van der Waals surface area contributed by atoms with E-state index in [1.54, 1.807) is 0 Å². The molecule has 0 aliphatic heterocycles. The van der Waals surface area contributed by atoms with Crippen LogP contribution in [0.4, 0.5) is 0 Å². The van der Waals surface area contributed by atoms with E-state index in [9.17, 15) is 0 Å². The highest BCUT2D eigenvalue weighted by Gasteiger charge is 2.02. The van der Waals surface area contributed by atoms with Gasteiger partial charge in [-0.1, -0.05) is 38.2 Å². The van der Waals surface area contributed by atoms with Gasteiger partial charge < -0.3 is 10.5 Å². The first-order valence-electron chi connectivity index (χ1n) is 5.64. The lowest BCUT2D eigenvalue weighted by atomic mass is 9.99. The molecule has 0 aliphatic rings. The summed E-state index contributed by atoms with van der Waals surface area (Å²) in [5.41, 5.74) is 6.74. The third-order valence-corrected chi connectivity index (χ3v) is 2.88. The van der Waals surface area contributed by atoms with Gasteiger partial charge in [0, 0.05) is 6.42 Å². The van der Waals surface area contributed by atoms with E-state index < -0.39 is 0 Å². The second-order valence-electron chi connectivity index (χ2n) is 3.94. The predicted octanol–water partition coefficient (Wildman–Crippen LogP) is 3.26. The maximum absolute atomic E-state index is 5.52. The zero-order valence-electron chi connectivity index (χ0n) is 9.90. The molecule has 0 amide bonds. The Morgan fingerprint density at radius 1 is 1.38 bits per heavy atom. The van der Waals surface area contributed by atoms with Crippen molar-refractivity contribution >= 4 is 17.2 Å². The summed E-state index contributed by atoms with van der Waals surface area (Å²) in [5, 5.41) is 0. The van der Waals surface area contributed by atoms with E-state index in [1.165, 1.54) is 5.56 Å². The number of thiocarbonyl (C=S) groups is 1. The third kappa shape index (κ3) is 4.19. The van der Waals surface area contributed by atoms with E-state index in [0.717, 1.165) is 12.2 Å². The molecule has 0 bridgehead atoms. The monoisotopic (exact) mass is 237 g/mol. The molecule has 1 aromatic rings. The molecule has 0 aromatic heterocycles. The van der Waals surface area contributed by atoms with Crippen molar-refractivity contribution < 1.29 is 4.74 Å². The van der Waals surface area contributed by atoms with E-state index >= 15 is 0 Å². The van der Waals surface area contributed by atoms with Crippen LogP contribution in [0.1, 0.15) is 38.2 Å². The highest BCUT2D eigenvalue weighted by atomic mass is 32.1. The highest BCUT2D eigenvalue weighted by molar-refractivity contribution is 7.80. The maximum Gasteiger partial charge on any atom is 0.119 e. The Morgan fingerprint density at radius 3 is 2.50 bits per heavy atom. The SMILES string of the molecule is CCC(C)c1ccc(OCCC(N)=S)cc1. The fourth-order valence-electron chi connectivity index (χ4n) is 1.40. The summed E-state index contributed by atoms with van der Waals surface area (Å²) in [5.74, 6) is 1.48. The predicted molar refractivity (Wildman–Crippen MR) is 72.0 cm³/mol. The van der Waals surface area contributed by atoms with Crippen molar-refractivity contribution in [3.8, 4) is 5.75 Å². The lowest BCUT2D eigenvalue weighted by molar-refractivity contribution is 0.329. The van der Waals surface area contributed by atoms with Gasteiger partial charge in [-0.15, -0.1) is 0 Å². The molecule has 2 nitrogen and oxygen atoms in total. The van der Waals surface area contributed by atoms with Gasteiger partial charge in [0.1, 0.15) is 5.75 Å². The van der Waals surface area contributed by atoms with E-state index in [-0.39, 0.29) is 0 Å². The Balaban J connectivity index is 2.48. The molecule has 0 fully saturated rings. The van der Waals surface area contributed by atoms with Crippen molar-refractivity contribution in [1.82, 2.24) is 0 Å². The number of ether oxygens (including phenoxy) is 1. The molecule has 0 saturated heterocycles. The Morgan fingerprint density at radius 2 is 2.00 bits per heavy atom. The molecular weight excluding hydrogens is 218 g/mol. The maximum atomic E-state index is 5.52. The lowest BCUT2D eigenvalue weighted by Gasteiger charge is -2.10. The van der Waals surface area contributed by atoms with E-state index in [0.29, 0.717) is 23.9 Å². The number of rotatable bonds is 6. The van der Waals surface area contributed by atoms with Gasteiger partial charge in [0.05, 0.1) is 11.6 Å². The molecule has 1 rings (SSSR count). The number of hydrogen-bond donors (Lipinski definition) is 1. The number of benzene rings is 1. The molecule has 0 aliphatic carbocycles. The standard InChI is InChI=1S/C13H19NOS/c1-3-10(2)11-4-6-12(7-5-11)15-9-8-13(14)16/h4-7,10H,3,8-9H2,1-2H3,(H2,14,16). The van der Waals surface area contributed by atoms with Crippen molar-refractivity contribution in [3.05, 3.63) is 29.8 Å². The Hall–Kier alpha value is -1.09. The fraction of sp³-hybridized carbons (Fsp3) is 0.462. The Bertz CT molecular complexity index is 334. The summed E-state index contributed by atoms with van der Waals surface area (Å²) in [6, 6.07) is 8.23. The molecule has 3 heteroatoms. The van der Waals surface area contributed by atoms with Crippen molar-refractivity contribution in [2.75, 3.05) is 6.61 Å². The Kier molecular flexibility index (Phi) is 5.26. The number of hydrogen-bond acceptors (Lipinski definition) is 2. The molecule has 1 atom stereocenters. The molecule has 1 aromatic carbocycles. The van der Waals surface area contributed by atoms with Crippen molar-refractivity contribution in [1.29, 1.82) is 0 Å². The van der Waals surface area contributed by atoms with Crippen LogP contribution in [0, 0.1) is 0 Å². The highest BCUT2D eigenvalue weighted by Crippen LogP contribution is 2.21.